The van der Waals surface area contributed by atoms with Crippen molar-refractivity contribution in [3.63, 3.8) is 0 Å². The van der Waals surface area contributed by atoms with Gasteiger partial charge in [-0.05, 0) is 141 Å². The van der Waals surface area contributed by atoms with E-state index in [0.717, 1.165) is 88.7 Å². The van der Waals surface area contributed by atoms with E-state index < -0.39 is 5.41 Å². The van der Waals surface area contributed by atoms with Crippen molar-refractivity contribution in [2.45, 2.75) is 5.41 Å². The number of anilines is 3. The van der Waals surface area contributed by atoms with Gasteiger partial charge in [0, 0.05) is 33.5 Å². The summed E-state index contributed by atoms with van der Waals surface area (Å²) in [5, 5.41) is 3.67. The number of benzene rings is 9. The SMILES string of the molecule is Fc1ccc2cc3c(cc2c1)C(c1ccccc1)(c1ccccc1)c1cc(N(c2ccccc2)c2ccc4c(c2)c2cc(F)ccc2n4-c2ccccc2)ccc1-3. The Morgan fingerprint density at radius 3 is 1.63 bits per heavy atom. The van der Waals surface area contributed by atoms with E-state index >= 15 is 4.39 Å². The van der Waals surface area contributed by atoms with Crippen molar-refractivity contribution in [3.05, 3.63) is 240 Å². The second kappa shape index (κ2) is 12.9. The highest BCUT2D eigenvalue weighted by atomic mass is 19.1. The Hall–Kier alpha value is -7.30. The lowest BCUT2D eigenvalue weighted by Crippen LogP contribution is -2.28. The lowest BCUT2D eigenvalue weighted by Gasteiger charge is -2.35. The topological polar surface area (TPSA) is 8.17 Å². The molecule has 270 valence electrons. The molecule has 1 aliphatic rings. The van der Waals surface area contributed by atoms with E-state index in [1.54, 1.807) is 12.1 Å². The Morgan fingerprint density at radius 2 is 0.930 bits per heavy atom. The summed E-state index contributed by atoms with van der Waals surface area (Å²) >= 11 is 0. The Bertz CT molecular complexity index is 3100. The van der Waals surface area contributed by atoms with Crippen LogP contribution in [0.3, 0.4) is 0 Å². The maximum Gasteiger partial charge on any atom is 0.123 e. The van der Waals surface area contributed by atoms with Gasteiger partial charge in [0.1, 0.15) is 11.6 Å². The number of hydrogen-bond donors (Lipinski definition) is 0. The van der Waals surface area contributed by atoms with Crippen molar-refractivity contribution < 1.29 is 8.78 Å². The molecule has 0 radical (unpaired) electrons. The molecule has 0 fully saturated rings. The van der Waals surface area contributed by atoms with Gasteiger partial charge in [0.25, 0.3) is 0 Å². The Balaban J connectivity index is 1.19. The molecular formula is C53H34F2N2. The first-order valence-electron chi connectivity index (χ1n) is 19.2. The van der Waals surface area contributed by atoms with Crippen molar-refractivity contribution in [2.75, 3.05) is 4.90 Å². The molecule has 4 heteroatoms. The number of para-hydroxylation sites is 2. The van der Waals surface area contributed by atoms with Crippen LogP contribution >= 0.6 is 0 Å². The first-order chi connectivity index (χ1) is 28.1. The Labute approximate surface area is 329 Å². The molecule has 0 spiro atoms. The quantitative estimate of drug-likeness (QED) is 0.165. The maximum absolute atomic E-state index is 15.0. The summed E-state index contributed by atoms with van der Waals surface area (Å²) in [5.74, 6) is -0.526. The second-order valence-corrected chi connectivity index (χ2v) is 14.8. The van der Waals surface area contributed by atoms with Crippen molar-refractivity contribution in [1.82, 2.24) is 4.57 Å². The van der Waals surface area contributed by atoms with Crippen LogP contribution in [0, 0.1) is 11.6 Å². The first-order valence-corrected chi connectivity index (χ1v) is 19.2. The maximum atomic E-state index is 15.0. The summed E-state index contributed by atoms with van der Waals surface area (Å²) in [6.45, 7) is 0. The lowest BCUT2D eigenvalue weighted by atomic mass is 9.67. The molecule has 0 amide bonds. The van der Waals surface area contributed by atoms with Crippen molar-refractivity contribution >= 4 is 49.6 Å². The third-order valence-electron chi connectivity index (χ3n) is 11.7. The van der Waals surface area contributed by atoms with Crippen LogP contribution in [0.25, 0.3) is 49.4 Å². The second-order valence-electron chi connectivity index (χ2n) is 14.8. The minimum atomic E-state index is -0.698. The molecule has 1 aliphatic carbocycles. The molecule has 57 heavy (non-hydrogen) atoms. The highest BCUT2D eigenvalue weighted by Crippen LogP contribution is 2.58. The van der Waals surface area contributed by atoms with Gasteiger partial charge in [-0.2, -0.15) is 0 Å². The molecule has 0 unspecified atom stereocenters. The summed E-state index contributed by atoms with van der Waals surface area (Å²) < 4.78 is 32.1. The predicted octanol–water partition coefficient (Wildman–Crippen LogP) is 14.0. The molecule has 0 bridgehead atoms. The fraction of sp³-hybridized carbons (Fsp3) is 0.0189. The molecule has 0 N–H and O–H groups in total. The van der Waals surface area contributed by atoms with Crippen LogP contribution in [0.1, 0.15) is 22.3 Å². The van der Waals surface area contributed by atoms with E-state index in [9.17, 15) is 4.39 Å². The van der Waals surface area contributed by atoms with Crippen molar-refractivity contribution in [3.8, 4) is 16.8 Å². The molecule has 0 aliphatic heterocycles. The molecule has 9 aromatic carbocycles. The minimum Gasteiger partial charge on any atom is -0.310 e. The third kappa shape index (κ3) is 5.07. The standard InChI is InChI=1S/C53H34F2N2/c54-39-22-21-35-30-46-45-26-24-44(34-50(45)53(37-13-5-1-6-14-37,38-15-7-2-8-16-38)49(46)31-36(35)29-39)56(41-17-9-3-10-18-41)43-25-28-52-48(33-43)47-32-40(55)23-27-51(47)57(52)42-19-11-4-12-20-42/h1-34H. The number of hydrogen-bond acceptors (Lipinski definition) is 1. The van der Waals surface area contributed by atoms with E-state index in [2.05, 4.69) is 155 Å². The van der Waals surface area contributed by atoms with Gasteiger partial charge in [-0.15, -0.1) is 0 Å². The molecule has 0 saturated carbocycles. The Kier molecular flexibility index (Phi) is 7.48. The van der Waals surface area contributed by atoms with Gasteiger partial charge in [0.15, 0.2) is 0 Å². The van der Waals surface area contributed by atoms with Gasteiger partial charge in [-0.3, -0.25) is 0 Å². The molecule has 10 aromatic rings. The van der Waals surface area contributed by atoms with E-state index in [-0.39, 0.29) is 11.6 Å². The van der Waals surface area contributed by atoms with Crippen LogP contribution in [-0.2, 0) is 5.41 Å². The summed E-state index contributed by atoms with van der Waals surface area (Å²) in [6, 6.07) is 69.8. The number of halogens is 2. The molecule has 0 saturated heterocycles. The number of nitrogens with zero attached hydrogens (tertiary/aromatic N) is 2. The zero-order chi connectivity index (χ0) is 38.1. The first kappa shape index (κ1) is 33.1. The average Bonchev–Trinajstić information content (AvgIpc) is 3.73. The smallest absolute Gasteiger partial charge is 0.123 e. The van der Waals surface area contributed by atoms with Crippen LogP contribution in [0.15, 0.2) is 206 Å². The molecule has 2 nitrogen and oxygen atoms in total. The van der Waals surface area contributed by atoms with Crippen LogP contribution in [0.2, 0.25) is 0 Å². The number of fused-ring (bicyclic) bond motifs is 7. The highest BCUT2D eigenvalue weighted by molar-refractivity contribution is 6.11. The largest absolute Gasteiger partial charge is 0.310 e. The van der Waals surface area contributed by atoms with Crippen molar-refractivity contribution in [2.24, 2.45) is 0 Å². The van der Waals surface area contributed by atoms with Crippen LogP contribution in [-0.4, -0.2) is 4.57 Å². The molecule has 0 atom stereocenters. The van der Waals surface area contributed by atoms with Gasteiger partial charge < -0.3 is 9.47 Å². The molecule has 1 aromatic heterocycles. The minimum absolute atomic E-state index is 0.254. The summed E-state index contributed by atoms with van der Waals surface area (Å²) in [4.78, 5) is 2.29. The van der Waals surface area contributed by atoms with Crippen LogP contribution < -0.4 is 4.90 Å². The van der Waals surface area contributed by atoms with Gasteiger partial charge in [-0.1, -0.05) is 109 Å². The normalized spacial score (nSPS) is 12.9. The number of aromatic nitrogens is 1. The van der Waals surface area contributed by atoms with Gasteiger partial charge >= 0.3 is 0 Å². The Morgan fingerprint density at radius 1 is 0.386 bits per heavy atom. The van der Waals surface area contributed by atoms with Gasteiger partial charge in [0.2, 0.25) is 0 Å². The highest BCUT2D eigenvalue weighted by Gasteiger charge is 2.46. The van der Waals surface area contributed by atoms with E-state index in [4.69, 9.17) is 0 Å². The zero-order valence-electron chi connectivity index (χ0n) is 30.8. The van der Waals surface area contributed by atoms with Crippen LogP contribution in [0.4, 0.5) is 25.8 Å². The van der Waals surface area contributed by atoms with Gasteiger partial charge in [0.05, 0.1) is 16.4 Å². The summed E-state index contributed by atoms with van der Waals surface area (Å²) in [6.07, 6.45) is 0. The monoisotopic (exact) mass is 736 g/mol. The van der Waals surface area contributed by atoms with Crippen LogP contribution in [0.5, 0.6) is 0 Å². The van der Waals surface area contributed by atoms with E-state index in [1.165, 1.54) is 12.1 Å². The average molecular weight is 737 g/mol. The molecule has 11 rings (SSSR count). The molecular weight excluding hydrogens is 703 g/mol. The summed E-state index contributed by atoms with van der Waals surface area (Å²) in [5.41, 5.74) is 12.0. The zero-order valence-corrected chi connectivity index (χ0v) is 30.8. The fourth-order valence-electron chi connectivity index (χ4n) is 9.33. The predicted molar refractivity (Wildman–Crippen MR) is 230 cm³/mol. The molecule has 1 heterocycles. The number of rotatable bonds is 6. The fourth-order valence-corrected chi connectivity index (χ4v) is 9.33. The van der Waals surface area contributed by atoms with E-state index in [0.29, 0.717) is 0 Å². The van der Waals surface area contributed by atoms with E-state index in [1.807, 2.05) is 36.4 Å². The summed E-state index contributed by atoms with van der Waals surface area (Å²) in [7, 11) is 0. The lowest BCUT2D eigenvalue weighted by molar-refractivity contribution is 0.629. The third-order valence-corrected chi connectivity index (χ3v) is 11.7. The van der Waals surface area contributed by atoms with Gasteiger partial charge in [-0.25, -0.2) is 8.78 Å². The van der Waals surface area contributed by atoms with Crippen molar-refractivity contribution in [1.29, 1.82) is 0 Å².